The summed E-state index contributed by atoms with van der Waals surface area (Å²) in [6.45, 7) is 15.1. The van der Waals surface area contributed by atoms with E-state index in [1.54, 1.807) is 29.2 Å². The normalized spacial score (nSPS) is 26.2. The Morgan fingerprint density at radius 3 is 2.38 bits per heavy atom. The number of para-hydroxylation sites is 1. The lowest BCUT2D eigenvalue weighted by atomic mass is 9.70. The predicted molar refractivity (Wildman–Crippen MR) is 205 cm³/mol. The number of aryl methyl sites for hydroxylation is 2. The molecule has 5 rings (SSSR count). The smallest absolute Gasteiger partial charge is 0.313 e. The first-order valence-electron chi connectivity index (χ1n) is 18.2. The number of benzene rings is 2. The lowest BCUT2D eigenvalue weighted by Gasteiger charge is -2.41. The molecule has 3 amide bonds. The van der Waals surface area contributed by atoms with Gasteiger partial charge in [-0.2, -0.15) is 0 Å². The van der Waals surface area contributed by atoms with Crippen LogP contribution in [-0.4, -0.2) is 95.2 Å². The fourth-order valence-electron chi connectivity index (χ4n) is 8.52. The molecule has 2 N–H and O–H groups in total. The van der Waals surface area contributed by atoms with Gasteiger partial charge in [-0.15, -0.1) is 13.2 Å². The van der Waals surface area contributed by atoms with Gasteiger partial charge < -0.3 is 34.4 Å². The molecule has 2 aromatic rings. The number of amides is 3. The number of fused-ring (bicyclic) bond motifs is 1. The molecule has 9 atom stereocenters. The van der Waals surface area contributed by atoms with Gasteiger partial charge >= 0.3 is 5.97 Å². The molecule has 11 nitrogen and oxygen atoms in total. The van der Waals surface area contributed by atoms with Gasteiger partial charge in [0.2, 0.25) is 11.8 Å². The van der Waals surface area contributed by atoms with Crippen molar-refractivity contribution in [2.24, 2.45) is 17.8 Å². The van der Waals surface area contributed by atoms with E-state index in [0.29, 0.717) is 17.7 Å². The molecule has 0 aromatic heterocycles. The first kappa shape index (κ1) is 40.3. The molecule has 3 aliphatic heterocycles. The van der Waals surface area contributed by atoms with E-state index in [9.17, 15) is 19.5 Å². The lowest BCUT2D eigenvalue weighted by Crippen LogP contribution is -2.60. The van der Waals surface area contributed by atoms with E-state index >= 15 is 4.79 Å². The molecule has 0 aliphatic carbocycles. The summed E-state index contributed by atoms with van der Waals surface area (Å²) in [6.07, 6.45) is 2.48. The van der Waals surface area contributed by atoms with Crippen molar-refractivity contribution in [1.29, 1.82) is 0 Å². The molecule has 2 bridgehead atoms. The van der Waals surface area contributed by atoms with Gasteiger partial charge in [-0.25, -0.2) is 0 Å². The van der Waals surface area contributed by atoms with Crippen LogP contribution in [0.5, 0.6) is 0 Å². The second-order valence-corrected chi connectivity index (χ2v) is 15.8. The molecule has 2 aromatic carbocycles. The number of likely N-dealkylation sites (tertiary alicyclic amines) is 1. The second-order valence-electron chi connectivity index (χ2n) is 14.6. The zero-order valence-electron chi connectivity index (χ0n) is 31.2. The molecular weight excluding hydrogens is 742 g/mol. The highest BCUT2D eigenvalue weighted by molar-refractivity contribution is 9.09. The molecule has 3 saturated heterocycles. The number of nitrogens with one attached hydrogen (secondary N) is 1. The number of alkyl halides is 1. The number of halogens is 1. The van der Waals surface area contributed by atoms with E-state index in [1.807, 2.05) is 64.1 Å². The van der Waals surface area contributed by atoms with Crippen molar-refractivity contribution < 1.29 is 38.5 Å². The molecule has 3 aliphatic rings. The number of rotatable bonds is 17. The number of nitrogens with zero attached hydrogens (tertiary/aromatic N) is 2. The largest absolute Gasteiger partial charge is 0.455 e. The molecule has 0 radical (unpaired) electrons. The van der Waals surface area contributed by atoms with E-state index in [4.69, 9.17) is 14.2 Å². The minimum atomic E-state index is -1.40. The van der Waals surface area contributed by atoms with Crippen molar-refractivity contribution >= 4 is 45.3 Å². The summed E-state index contributed by atoms with van der Waals surface area (Å²) in [6, 6.07) is 12.2. The maximum absolute atomic E-state index is 15.2. The summed E-state index contributed by atoms with van der Waals surface area (Å²) in [5.41, 5.74) is 1.68. The Bertz CT molecular complexity index is 1670. The predicted octanol–water partition coefficient (Wildman–Crippen LogP) is 4.97. The van der Waals surface area contributed by atoms with Gasteiger partial charge in [0.15, 0.2) is 0 Å². The minimum Gasteiger partial charge on any atom is -0.455 e. The molecular formula is C41H52BrN3O8. The first-order valence-corrected chi connectivity index (χ1v) is 19.2. The highest BCUT2D eigenvalue weighted by Gasteiger charge is 2.78. The number of carbonyl (C=O) groups is 4. The number of hydrogen-bond donors (Lipinski definition) is 2. The maximum Gasteiger partial charge on any atom is 0.313 e. The van der Waals surface area contributed by atoms with E-state index < -0.39 is 66.3 Å². The van der Waals surface area contributed by atoms with E-state index in [0.717, 1.165) is 11.1 Å². The first-order chi connectivity index (χ1) is 25.4. The van der Waals surface area contributed by atoms with Gasteiger partial charge in [0.1, 0.15) is 17.7 Å². The number of methoxy groups -OCH3 is 1. The molecule has 0 saturated carbocycles. The number of hydrogen-bond acceptors (Lipinski definition) is 8. The maximum atomic E-state index is 15.2. The Balaban J connectivity index is 1.58. The molecule has 53 heavy (non-hydrogen) atoms. The SMILES string of the molecule is C=CCCC(=O)N[C@H](COC)[C@H](OC(=O)[C@H]1[C@@H]2O[C@@]3(CC2Br)[C@@H]1C(=O)N([C@@H](CO)C(C)C)[C@@H]3C(=O)N(CC=C)c1c(C)cccc1C)c1ccccc1. The molecule has 286 valence electrons. The topological polar surface area (TPSA) is 135 Å². The van der Waals surface area contributed by atoms with E-state index in [2.05, 4.69) is 34.4 Å². The summed E-state index contributed by atoms with van der Waals surface area (Å²) in [7, 11) is 1.50. The van der Waals surface area contributed by atoms with Crippen LogP contribution in [0.4, 0.5) is 5.69 Å². The highest BCUT2D eigenvalue weighted by atomic mass is 79.9. The van der Waals surface area contributed by atoms with E-state index in [1.165, 1.54) is 12.0 Å². The molecule has 1 spiro atoms. The Morgan fingerprint density at radius 2 is 1.79 bits per heavy atom. The number of esters is 1. The van der Waals surface area contributed by atoms with Gasteiger partial charge in [-0.05, 0) is 49.3 Å². The fraction of sp³-hybridized carbons (Fsp3) is 0.512. The van der Waals surface area contributed by atoms with Crippen LogP contribution in [0.2, 0.25) is 0 Å². The Kier molecular flexibility index (Phi) is 13.0. The number of carbonyl (C=O) groups excluding carboxylic acids is 4. The van der Waals surface area contributed by atoms with Crippen LogP contribution >= 0.6 is 15.9 Å². The minimum absolute atomic E-state index is 0.0407. The quantitative estimate of drug-likeness (QED) is 0.130. The zero-order valence-corrected chi connectivity index (χ0v) is 32.8. The average Bonchev–Trinajstić information content (AvgIpc) is 3.72. The van der Waals surface area contributed by atoms with Crippen LogP contribution < -0.4 is 10.2 Å². The molecule has 3 heterocycles. The van der Waals surface area contributed by atoms with Crippen molar-refractivity contribution in [2.75, 3.05) is 31.8 Å². The van der Waals surface area contributed by atoms with Crippen LogP contribution in [0, 0.1) is 31.6 Å². The number of ether oxygens (including phenoxy) is 3. The van der Waals surface area contributed by atoms with Gasteiger partial charge in [-0.3, -0.25) is 19.2 Å². The molecule has 3 fully saturated rings. The van der Waals surface area contributed by atoms with Crippen LogP contribution in [-0.2, 0) is 33.4 Å². The summed E-state index contributed by atoms with van der Waals surface area (Å²) >= 11 is 3.75. The van der Waals surface area contributed by atoms with E-state index in [-0.39, 0.29) is 48.6 Å². The third-order valence-electron chi connectivity index (χ3n) is 10.8. The van der Waals surface area contributed by atoms with Gasteiger partial charge in [0.25, 0.3) is 5.91 Å². The Hall–Kier alpha value is -3.84. The van der Waals surface area contributed by atoms with Gasteiger partial charge in [0, 0.05) is 30.6 Å². The lowest BCUT2D eigenvalue weighted by molar-refractivity contribution is -0.163. The Labute approximate surface area is 320 Å². The van der Waals surface area contributed by atoms with Crippen molar-refractivity contribution in [3.8, 4) is 0 Å². The third-order valence-corrected chi connectivity index (χ3v) is 11.7. The summed E-state index contributed by atoms with van der Waals surface area (Å²) in [5, 5.41) is 13.7. The van der Waals surface area contributed by atoms with Crippen molar-refractivity contribution in [3.63, 3.8) is 0 Å². The fourth-order valence-corrected chi connectivity index (χ4v) is 9.46. The second kappa shape index (κ2) is 17.1. The highest BCUT2D eigenvalue weighted by Crippen LogP contribution is 2.61. The van der Waals surface area contributed by atoms with Crippen LogP contribution in [0.25, 0.3) is 0 Å². The Morgan fingerprint density at radius 1 is 1.11 bits per heavy atom. The number of anilines is 1. The van der Waals surface area contributed by atoms with Crippen LogP contribution in [0.3, 0.4) is 0 Å². The number of aliphatic hydroxyl groups is 1. The zero-order chi connectivity index (χ0) is 38.6. The van der Waals surface area contributed by atoms with Gasteiger partial charge in [0.05, 0.1) is 43.2 Å². The van der Waals surface area contributed by atoms with Crippen molar-refractivity contribution in [2.45, 2.75) is 87.7 Å². The van der Waals surface area contributed by atoms with Gasteiger partial charge in [-0.1, -0.05) is 90.5 Å². The number of aliphatic hydroxyl groups excluding tert-OH is 1. The van der Waals surface area contributed by atoms with Crippen molar-refractivity contribution in [1.82, 2.24) is 10.2 Å². The number of allylic oxidation sites excluding steroid dienone is 1. The molecule has 1 unspecified atom stereocenters. The van der Waals surface area contributed by atoms with Crippen LogP contribution in [0.15, 0.2) is 73.8 Å². The molecule has 12 heteroatoms. The van der Waals surface area contributed by atoms with Crippen LogP contribution in [0.1, 0.15) is 55.9 Å². The summed E-state index contributed by atoms with van der Waals surface area (Å²) in [4.78, 5) is 60.5. The van der Waals surface area contributed by atoms with Crippen molar-refractivity contribution in [3.05, 3.63) is 90.5 Å². The summed E-state index contributed by atoms with van der Waals surface area (Å²) < 4.78 is 18.7. The average molecular weight is 795 g/mol. The standard InChI is InChI=1S/C41H52BrN3O8/c1-8-10-19-31(47)43-29(23-51-7)35(27-17-12-11-13-18-27)52-40(50)32-33-38(48)45(30(22-46)24(3)4)37(41(33)21-28(42)36(32)53-41)39(49)44(20-9-2)34-25(5)15-14-16-26(34)6/h8-9,11-18,24,28-30,32-33,35-37,46H,1-2,10,19-23H2,3-7H3,(H,43,47)/t28?,29-,30+,32-,33+,35-,36-,37-,41+/m1/s1. The third kappa shape index (κ3) is 7.61. The monoisotopic (exact) mass is 793 g/mol. The summed E-state index contributed by atoms with van der Waals surface area (Å²) in [5.74, 6) is -4.16.